The number of amides is 2. The Morgan fingerprint density at radius 3 is 2.86 bits per heavy atom. The van der Waals surface area contributed by atoms with E-state index in [0.717, 1.165) is 29.3 Å². The van der Waals surface area contributed by atoms with Crippen LogP contribution in [-0.4, -0.2) is 47.2 Å². The van der Waals surface area contributed by atoms with Gasteiger partial charge in [-0.2, -0.15) is 5.10 Å². The van der Waals surface area contributed by atoms with Gasteiger partial charge in [-0.1, -0.05) is 30.3 Å². The Balaban J connectivity index is 1.50. The second-order valence-electron chi connectivity index (χ2n) is 7.19. The number of aliphatic imine (C=N–C) groups is 1. The van der Waals surface area contributed by atoms with Crippen LogP contribution < -0.4 is 21.1 Å². The van der Waals surface area contributed by atoms with Gasteiger partial charge in [0, 0.05) is 32.1 Å². The molecule has 0 fully saturated rings. The van der Waals surface area contributed by atoms with Crippen molar-refractivity contribution in [3.8, 4) is 0 Å². The van der Waals surface area contributed by atoms with E-state index in [1.807, 2.05) is 50.2 Å². The number of amidine groups is 1. The van der Waals surface area contributed by atoms with Gasteiger partial charge in [0.2, 0.25) is 6.41 Å². The lowest BCUT2D eigenvalue weighted by Crippen LogP contribution is -2.47. The molecular weight excluding hydrogens is 370 g/mol. The zero-order valence-corrected chi connectivity index (χ0v) is 16.9. The monoisotopic (exact) mass is 397 g/mol. The molecule has 3 rings (SSSR count). The zero-order valence-electron chi connectivity index (χ0n) is 16.9. The molecule has 9 heteroatoms. The molecule has 2 aromatic rings. The van der Waals surface area contributed by atoms with Crippen LogP contribution in [0.4, 0.5) is 5.82 Å². The van der Waals surface area contributed by atoms with Gasteiger partial charge in [0.1, 0.15) is 11.7 Å². The number of hydrogen-bond donors (Lipinski definition) is 3. The molecule has 1 aliphatic heterocycles. The highest BCUT2D eigenvalue weighted by Crippen LogP contribution is 2.14. The van der Waals surface area contributed by atoms with Crippen LogP contribution >= 0.6 is 0 Å². The summed E-state index contributed by atoms with van der Waals surface area (Å²) in [6, 6.07) is 11.7. The van der Waals surface area contributed by atoms with E-state index in [0.29, 0.717) is 19.4 Å². The molecule has 2 heterocycles. The number of nitrogens with one attached hydrogen (secondary N) is 3. The van der Waals surface area contributed by atoms with E-state index < -0.39 is 6.17 Å². The van der Waals surface area contributed by atoms with Crippen molar-refractivity contribution >= 4 is 24.0 Å². The van der Waals surface area contributed by atoms with Gasteiger partial charge in [0.25, 0.3) is 5.91 Å². The molecule has 0 spiro atoms. The van der Waals surface area contributed by atoms with Crippen LogP contribution in [-0.2, 0) is 22.6 Å². The average Bonchev–Trinajstić information content (AvgIpc) is 3.33. The Labute approximate surface area is 170 Å². The number of carbonyl (C=O) groups excluding carboxylic acids is 2. The maximum absolute atomic E-state index is 12.5. The second kappa shape index (κ2) is 9.33. The van der Waals surface area contributed by atoms with Crippen LogP contribution in [0, 0.1) is 6.92 Å². The average molecular weight is 397 g/mol. The highest BCUT2D eigenvalue weighted by atomic mass is 16.2. The molecule has 2 unspecified atom stereocenters. The lowest BCUT2D eigenvalue weighted by atomic mass is 10.1. The molecule has 154 valence electrons. The summed E-state index contributed by atoms with van der Waals surface area (Å²) in [7, 11) is 1.69. The van der Waals surface area contributed by atoms with Crippen molar-refractivity contribution in [3.63, 3.8) is 0 Å². The fraction of sp³-hybridized carbons (Fsp3) is 0.400. The molecule has 0 saturated heterocycles. The fourth-order valence-electron chi connectivity index (χ4n) is 3.12. The molecule has 2 amide bonds. The Morgan fingerprint density at radius 1 is 1.38 bits per heavy atom. The van der Waals surface area contributed by atoms with E-state index in [1.165, 1.54) is 4.90 Å². The van der Waals surface area contributed by atoms with Crippen molar-refractivity contribution in [1.29, 1.82) is 0 Å². The van der Waals surface area contributed by atoms with Gasteiger partial charge in [-0.3, -0.25) is 9.59 Å². The maximum atomic E-state index is 12.5. The molecule has 9 nitrogen and oxygen atoms in total. The minimum absolute atomic E-state index is 0.0726. The predicted molar refractivity (Wildman–Crippen MR) is 111 cm³/mol. The molecule has 1 aliphatic rings. The lowest BCUT2D eigenvalue weighted by molar-refractivity contribution is -0.123. The van der Waals surface area contributed by atoms with Crippen LogP contribution in [0.2, 0.25) is 0 Å². The van der Waals surface area contributed by atoms with Gasteiger partial charge in [0.05, 0.1) is 5.69 Å². The normalized spacial score (nSPS) is 16.7. The molecule has 3 N–H and O–H groups in total. The first-order valence-corrected chi connectivity index (χ1v) is 9.61. The lowest BCUT2D eigenvalue weighted by Gasteiger charge is -2.18. The number of carbonyl (C=O) groups is 2. The molecule has 1 aromatic carbocycles. The number of aromatic nitrogens is 2. The van der Waals surface area contributed by atoms with E-state index in [1.54, 1.807) is 11.7 Å². The number of hydrazine groups is 1. The Bertz CT molecular complexity index is 878. The van der Waals surface area contributed by atoms with Gasteiger partial charge < -0.3 is 15.6 Å². The van der Waals surface area contributed by atoms with Crippen LogP contribution in [0.15, 0.2) is 41.4 Å². The van der Waals surface area contributed by atoms with E-state index >= 15 is 0 Å². The molecule has 29 heavy (non-hydrogen) atoms. The Morgan fingerprint density at radius 2 is 2.14 bits per heavy atom. The highest BCUT2D eigenvalue weighted by molar-refractivity contribution is 5.91. The van der Waals surface area contributed by atoms with Gasteiger partial charge in [0.15, 0.2) is 6.17 Å². The highest BCUT2D eigenvalue weighted by Gasteiger charge is 2.24. The van der Waals surface area contributed by atoms with E-state index in [2.05, 4.69) is 26.3 Å². The summed E-state index contributed by atoms with van der Waals surface area (Å²) >= 11 is 0. The minimum Gasteiger partial charge on any atom is -0.350 e. The molecule has 0 aliphatic carbocycles. The van der Waals surface area contributed by atoms with Crippen molar-refractivity contribution in [1.82, 2.24) is 25.9 Å². The quantitative estimate of drug-likeness (QED) is 0.542. The Hall–Kier alpha value is -3.20. The predicted octanol–water partition coefficient (Wildman–Crippen LogP) is 0.754. The second-order valence-corrected chi connectivity index (χ2v) is 7.19. The Kier molecular flexibility index (Phi) is 6.61. The molecule has 0 bridgehead atoms. The van der Waals surface area contributed by atoms with Crippen LogP contribution in [0.1, 0.15) is 24.6 Å². The van der Waals surface area contributed by atoms with Gasteiger partial charge in [-0.05, 0) is 25.8 Å². The number of rotatable bonds is 9. The van der Waals surface area contributed by atoms with Crippen molar-refractivity contribution in [2.45, 2.75) is 45.4 Å². The largest absolute Gasteiger partial charge is 0.350 e. The third kappa shape index (κ3) is 5.41. The molecule has 1 aromatic heterocycles. The van der Waals surface area contributed by atoms with Gasteiger partial charge >= 0.3 is 0 Å². The van der Waals surface area contributed by atoms with Crippen LogP contribution in [0.3, 0.4) is 0 Å². The molecule has 2 atom stereocenters. The summed E-state index contributed by atoms with van der Waals surface area (Å²) in [6.45, 7) is 4.41. The zero-order chi connectivity index (χ0) is 20.8. The van der Waals surface area contributed by atoms with Crippen molar-refractivity contribution < 1.29 is 9.59 Å². The first-order chi connectivity index (χ1) is 14.0. The first kappa shape index (κ1) is 20.5. The van der Waals surface area contributed by atoms with Crippen LogP contribution in [0.5, 0.6) is 0 Å². The fourth-order valence-corrected chi connectivity index (χ4v) is 3.12. The van der Waals surface area contributed by atoms with Gasteiger partial charge in [-0.25, -0.2) is 15.1 Å². The first-order valence-electron chi connectivity index (χ1n) is 9.61. The summed E-state index contributed by atoms with van der Waals surface area (Å²) in [5.74, 6) is 1.28. The van der Waals surface area contributed by atoms with Crippen molar-refractivity contribution in [2.75, 3.05) is 11.9 Å². The summed E-state index contributed by atoms with van der Waals surface area (Å²) < 4.78 is 1.78. The standard InChI is InChI=1S/C20H27N7O2/c1-14(9-10-27-18(26(3)13-28)11-15(2)25-27)21-20(29)19-22-17(23-24-19)12-16-7-5-4-6-8-16/h4-8,11,13-14,19,24H,9-10,12H2,1-3H3,(H,21,29)(H,22,23). The topological polar surface area (TPSA) is 104 Å². The number of aryl methyl sites for hydroxylation is 2. The molecular formula is C20H27N7O2. The number of nitrogens with zero attached hydrogens (tertiary/aromatic N) is 4. The van der Waals surface area contributed by atoms with E-state index in [4.69, 9.17) is 0 Å². The SMILES string of the molecule is Cc1cc(N(C)C=O)n(CCC(C)NC(=O)C2N=C(Cc3ccccc3)NN2)n1. The third-order valence-corrected chi connectivity index (χ3v) is 4.66. The van der Waals surface area contributed by atoms with Crippen LogP contribution in [0.25, 0.3) is 0 Å². The minimum atomic E-state index is -0.653. The summed E-state index contributed by atoms with van der Waals surface area (Å²) in [4.78, 5) is 29.4. The summed E-state index contributed by atoms with van der Waals surface area (Å²) in [5.41, 5.74) is 7.86. The number of anilines is 1. The van der Waals surface area contributed by atoms with Gasteiger partial charge in [-0.15, -0.1) is 0 Å². The molecule has 0 radical (unpaired) electrons. The third-order valence-electron chi connectivity index (χ3n) is 4.66. The summed E-state index contributed by atoms with van der Waals surface area (Å²) in [5, 5.41) is 7.39. The number of benzene rings is 1. The van der Waals surface area contributed by atoms with Crippen molar-refractivity contribution in [2.24, 2.45) is 4.99 Å². The smallest absolute Gasteiger partial charge is 0.261 e. The number of hydrogen-bond acceptors (Lipinski definition) is 6. The van der Waals surface area contributed by atoms with E-state index in [-0.39, 0.29) is 11.9 Å². The summed E-state index contributed by atoms with van der Waals surface area (Å²) in [6.07, 6.45) is 1.41. The maximum Gasteiger partial charge on any atom is 0.261 e. The molecule has 0 saturated carbocycles. The van der Waals surface area contributed by atoms with E-state index in [9.17, 15) is 9.59 Å². The van der Waals surface area contributed by atoms with Crippen molar-refractivity contribution in [3.05, 3.63) is 47.7 Å².